The van der Waals surface area contributed by atoms with Gasteiger partial charge in [-0.25, -0.2) is 0 Å². The molecule has 1 atom stereocenters. The molecule has 1 aromatic heterocycles. The molecule has 1 aromatic carbocycles. The molecule has 2 aromatic rings. The molecular formula is C20H27LiN4O2. The molecule has 140 valence electrons. The second-order valence-corrected chi connectivity index (χ2v) is 7.92. The minimum atomic E-state index is -1.13. The Morgan fingerprint density at radius 3 is 2.67 bits per heavy atom. The summed E-state index contributed by atoms with van der Waals surface area (Å²) >= 11 is 0. The summed E-state index contributed by atoms with van der Waals surface area (Å²) in [6.45, 7) is 8.56. The molecule has 3 aliphatic rings. The summed E-state index contributed by atoms with van der Waals surface area (Å²) in [5.41, 5.74) is 1.97. The van der Waals surface area contributed by atoms with E-state index in [-0.39, 0.29) is 30.5 Å². The van der Waals surface area contributed by atoms with E-state index in [1.165, 1.54) is 25.9 Å². The summed E-state index contributed by atoms with van der Waals surface area (Å²) in [6.07, 6.45) is 3.30. The smallest absolute Gasteiger partial charge is 0.545 e. The Labute approximate surface area is 172 Å². The number of carboxylic acids is 1. The Kier molecular flexibility index (Phi) is 6.32. The normalized spacial score (nSPS) is 24.3. The monoisotopic (exact) mass is 362 g/mol. The van der Waals surface area contributed by atoms with Crippen LogP contribution < -0.4 is 29.3 Å². The van der Waals surface area contributed by atoms with E-state index in [0.717, 1.165) is 42.0 Å². The topological polar surface area (TPSA) is 73.2 Å². The minimum Gasteiger partial charge on any atom is -0.545 e. The maximum atomic E-state index is 11.6. The number of hydrogen-bond acceptors (Lipinski definition) is 5. The molecule has 0 spiro atoms. The molecule has 0 radical (unpaired) electrons. The first-order valence-corrected chi connectivity index (χ1v) is 9.71. The molecule has 27 heavy (non-hydrogen) atoms. The van der Waals surface area contributed by atoms with E-state index in [9.17, 15) is 9.90 Å². The molecule has 2 bridgehead atoms. The fourth-order valence-electron chi connectivity index (χ4n) is 4.58. The van der Waals surface area contributed by atoms with Crippen molar-refractivity contribution < 1.29 is 28.8 Å². The molecule has 1 N–H and O–H groups in total. The molecule has 0 saturated carbocycles. The van der Waals surface area contributed by atoms with Crippen LogP contribution >= 0.6 is 0 Å². The minimum absolute atomic E-state index is 0. The van der Waals surface area contributed by atoms with E-state index in [1.54, 1.807) is 12.1 Å². The Bertz CT molecular complexity index is 812. The van der Waals surface area contributed by atoms with Crippen LogP contribution in [0.15, 0.2) is 18.2 Å². The van der Waals surface area contributed by atoms with E-state index in [0.29, 0.717) is 6.04 Å². The van der Waals surface area contributed by atoms with Gasteiger partial charge in [-0.05, 0) is 51.8 Å². The van der Waals surface area contributed by atoms with Gasteiger partial charge in [0, 0.05) is 42.5 Å². The summed E-state index contributed by atoms with van der Waals surface area (Å²) in [5, 5.41) is 20.8. The predicted molar refractivity (Wildman–Crippen MR) is 99.1 cm³/mol. The van der Waals surface area contributed by atoms with E-state index in [2.05, 4.69) is 24.1 Å². The number of carboxylic acid groups (broad SMARTS) is 1. The summed E-state index contributed by atoms with van der Waals surface area (Å²) in [7, 11) is 0. The van der Waals surface area contributed by atoms with Crippen LogP contribution in [0.3, 0.4) is 0 Å². The molecule has 5 rings (SSSR count). The van der Waals surface area contributed by atoms with E-state index >= 15 is 0 Å². The number of rotatable bonds is 6. The van der Waals surface area contributed by atoms with Crippen molar-refractivity contribution in [2.24, 2.45) is 5.92 Å². The van der Waals surface area contributed by atoms with Crippen molar-refractivity contribution in [2.45, 2.75) is 45.2 Å². The fourth-order valence-corrected chi connectivity index (χ4v) is 4.58. The standard InChI is InChI=1S/C20H28N4O2.Li/c1-13(2)24-18-5-3-4-15(20(25)26)19(18)16(22-24)6-9-21-17-12-23-10-7-14(17)8-11-23;/h3-5,13-14,17,21H,6-12H2,1-2H3,(H,25,26);/q;+1/p-1/t17-;/m1./s1. The number of aromatic carboxylic acids is 1. The largest absolute Gasteiger partial charge is 1.00 e. The molecule has 0 unspecified atom stereocenters. The Balaban J connectivity index is 0.00000210. The molecule has 4 heterocycles. The van der Waals surface area contributed by atoms with Gasteiger partial charge in [0.1, 0.15) is 0 Å². The number of fused-ring (bicyclic) bond motifs is 4. The number of piperidine rings is 3. The van der Waals surface area contributed by atoms with Gasteiger partial charge in [0.05, 0.1) is 17.2 Å². The first-order chi connectivity index (χ1) is 12.5. The Hall–Kier alpha value is -1.32. The molecule has 3 saturated heterocycles. The van der Waals surface area contributed by atoms with Gasteiger partial charge in [-0.15, -0.1) is 0 Å². The van der Waals surface area contributed by atoms with Crippen molar-refractivity contribution in [3.05, 3.63) is 29.5 Å². The molecule has 0 amide bonds. The van der Waals surface area contributed by atoms with Gasteiger partial charge in [0.15, 0.2) is 0 Å². The third-order valence-electron chi connectivity index (χ3n) is 5.94. The van der Waals surface area contributed by atoms with Crippen molar-refractivity contribution in [3.8, 4) is 0 Å². The van der Waals surface area contributed by atoms with E-state index < -0.39 is 5.97 Å². The first kappa shape index (κ1) is 20.4. The van der Waals surface area contributed by atoms with Crippen LogP contribution in [0.4, 0.5) is 0 Å². The van der Waals surface area contributed by atoms with Gasteiger partial charge >= 0.3 is 18.9 Å². The third-order valence-corrected chi connectivity index (χ3v) is 5.94. The molecule has 6 nitrogen and oxygen atoms in total. The van der Waals surface area contributed by atoms with Crippen molar-refractivity contribution in [1.82, 2.24) is 20.0 Å². The van der Waals surface area contributed by atoms with Crippen molar-refractivity contribution in [1.29, 1.82) is 0 Å². The van der Waals surface area contributed by atoms with Gasteiger partial charge in [-0.2, -0.15) is 5.10 Å². The van der Waals surface area contributed by atoms with Crippen LogP contribution in [0.2, 0.25) is 0 Å². The van der Waals surface area contributed by atoms with Gasteiger partial charge in [-0.1, -0.05) is 12.1 Å². The molecule has 7 heteroatoms. The number of aromatic nitrogens is 2. The predicted octanol–water partition coefficient (Wildman–Crippen LogP) is -1.79. The van der Waals surface area contributed by atoms with Gasteiger partial charge in [0.2, 0.25) is 0 Å². The zero-order valence-corrected chi connectivity index (χ0v) is 16.6. The second kappa shape index (κ2) is 8.36. The SMILES string of the molecule is CC(C)n1nc(CCN[C@@H]2CN3CCC2CC3)c2c(C(=O)[O-])cccc21.[Li+]. The molecule has 0 aliphatic carbocycles. The third kappa shape index (κ3) is 3.95. The summed E-state index contributed by atoms with van der Waals surface area (Å²) in [4.78, 5) is 14.1. The van der Waals surface area contributed by atoms with Crippen LogP contribution in [0.1, 0.15) is 48.8 Å². The zero-order valence-electron chi connectivity index (χ0n) is 16.6. The maximum absolute atomic E-state index is 11.6. The summed E-state index contributed by atoms with van der Waals surface area (Å²) < 4.78 is 1.92. The van der Waals surface area contributed by atoms with Gasteiger partial charge < -0.3 is 20.1 Å². The van der Waals surface area contributed by atoms with Crippen LogP contribution in [-0.2, 0) is 6.42 Å². The van der Waals surface area contributed by atoms with Crippen LogP contribution in [0.5, 0.6) is 0 Å². The number of nitrogens with zero attached hydrogens (tertiary/aromatic N) is 3. The van der Waals surface area contributed by atoms with Crippen LogP contribution in [0.25, 0.3) is 10.9 Å². The second-order valence-electron chi connectivity index (χ2n) is 7.92. The van der Waals surface area contributed by atoms with Gasteiger partial charge in [-0.3, -0.25) is 4.68 Å². The summed E-state index contributed by atoms with van der Waals surface area (Å²) in [5.74, 6) is -0.353. The fraction of sp³-hybridized carbons (Fsp3) is 0.600. The molecule has 3 fully saturated rings. The number of nitrogens with one attached hydrogen (secondary N) is 1. The van der Waals surface area contributed by atoms with E-state index in [1.807, 2.05) is 10.7 Å². The Morgan fingerprint density at radius 1 is 1.33 bits per heavy atom. The quantitative estimate of drug-likeness (QED) is 0.615. The Morgan fingerprint density at radius 2 is 2.07 bits per heavy atom. The average molecular weight is 362 g/mol. The molecular weight excluding hydrogens is 335 g/mol. The average Bonchev–Trinajstić information content (AvgIpc) is 3.02. The number of hydrogen-bond donors (Lipinski definition) is 1. The van der Waals surface area contributed by atoms with E-state index in [4.69, 9.17) is 5.10 Å². The summed E-state index contributed by atoms with van der Waals surface area (Å²) in [6, 6.07) is 6.06. The number of carbonyl (C=O) groups excluding carboxylic acids is 1. The van der Waals surface area contributed by atoms with Crippen LogP contribution in [0, 0.1) is 5.92 Å². The van der Waals surface area contributed by atoms with Crippen molar-refractivity contribution >= 4 is 16.9 Å². The maximum Gasteiger partial charge on any atom is 1.00 e. The number of carbonyl (C=O) groups is 1. The van der Waals surface area contributed by atoms with Gasteiger partial charge in [0.25, 0.3) is 0 Å². The molecule has 3 aliphatic heterocycles. The van der Waals surface area contributed by atoms with Crippen molar-refractivity contribution in [2.75, 3.05) is 26.2 Å². The van der Waals surface area contributed by atoms with Crippen molar-refractivity contribution in [3.63, 3.8) is 0 Å². The zero-order chi connectivity index (χ0) is 18.3. The first-order valence-electron chi connectivity index (χ1n) is 9.71. The number of benzene rings is 1. The van der Waals surface area contributed by atoms with Crippen LogP contribution in [-0.4, -0.2) is 52.9 Å².